The molecule has 0 aliphatic carbocycles. The maximum atomic E-state index is 13.1. The third-order valence-electron chi connectivity index (χ3n) is 12.0. The summed E-state index contributed by atoms with van der Waals surface area (Å²) in [5, 5.41) is 1.22. The first kappa shape index (κ1) is 62.7. The number of para-hydroxylation sites is 1. The van der Waals surface area contributed by atoms with Crippen molar-refractivity contribution in [1.29, 1.82) is 0 Å². The van der Waals surface area contributed by atoms with E-state index < -0.39 is 0 Å². The van der Waals surface area contributed by atoms with Gasteiger partial charge in [0.05, 0.1) is 17.7 Å². The molecule has 6 aromatic carbocycles. The normalized spacial score (nSPS) is 11.7. The molecule has 0 unspecified atom stereocenters. The van der Waals surface area contributed by atoms with Gasteiger partial charge in [-0.25, -0.2) is 4.39 Å². The number of halogens is 1. The van der Waals surface area contributed by atoms with Crippen LogP contribution in [-0.4, -0.2) is 10.6 Å². The van der Waals surface area contributed by atoms with E-state index in [0.717, 1.165) is 17.5 Å². The number of hydrogen-bond acceptors (Lipinski definition) is 2. The predicted molar refractivity (Wildman–Crippen MR) is 316 cm³/mol. The van der Waals surface area contributed by atoms with Gasteiger partial charge in [-0.2, -0.15) is 0 Å². The second kappa shape index (κ2) is 27.6. The zero-order chi connectivity index (χ0) is 54.7. The van der Waals surface area contributed by atoms with Crippen molar-refractivity contribution in [2.24, 2.45) is 0 Å². The van der Waals surface area contributed by atoms with Crippen LogP contribution in [0.15, 0.2) is 158 Å². The average molecular weight is 975 g/mol. The molecule has 0 bridgehead atoms. The van der Waals surface area contributed by atoms with Crippen LogP contribution in [0.3, 0.4) is 0 Å². The summed E-state index contributed by atoms with van der Waals surface area (Å²) in [5.41, 5.74) is 14.9. The van der Waals surface area contributed by atoms with Gasteiger partial charge in [0, 0.05) is 11.6 Å². The maximum Gasteiger partial charge on any atom is 0.126 e. The molecule has 0 amide bonds. The highest BCUT2D eigenvalue weighted by Crippen LogP contribution is 2.29. The van der Waals surface area contributed by atoms with Gasteiger partial charge < -0.3 is 4.74 Å². The molecule has 0 saturated carbocycles. The van der Waals surface area contributed by atoms with Crippen LogP contribution in [0.1, 0.15) is 187 Å². The van der Waals surface area contributed by atoms with Crippen LogP contribution in [0, 0.1) is 26.6 Å². The van der Waals surface area contributed by atoms with Gasteiger partial charge in [0.15, 0.2) is 0 Å². The zero-order valence-corrected chi connectivity index (χ0v) is 49.2. The van der Waals surface area contributed by atoms with E-state index in [9.17, 15) is 4.39 Å². The minimum absolute atomic E-state index is 0.0507. The summed E-state index contributed by atoms with van der Waals surface area (Å²) in [6.45, 7) is 48.2. The Morgan fingerprint density at radius 1 is 0.389 bits per heavy atom. The second-order valence-electron chi connectivity index (χ2n) is 25.3. The summed E-state index contributed by atoms with van der Waals surface area (Å²) in [6, 6.07) is 52.2. The highest BCUT2D eigenvalue weighted by Gasteiger charge is 2.18. The van der Waals surface area contributed by atoms with Crippen LogP contribution in [0.5, 0.6) is 0 Å². The van der Waals surface area contributed by atoms with E-state index in [2.05, 4.69) is 258 Å². The summed E-state index contributed by atoms with van der Waals surface area (Å²) >= 11 is 0. The van der Waals surface area contributed by atoms with Crippen molar-refractivity contribution in [1.82, 2.24) is 4.98 Å². The molecule has 0 fully saturated rings. The molecule has 7 rings (SSSR count). The van der Waals surface area contributed by atoms with Gasteiger partial charge in [-0.15, -0.1) is 0 Å². The van der Waals surface area contributed by atoms with Gasteiger partial charge in [-0.1, -0.05) is 267 Å². The molecule has 0 spiro atoms. The molecule has 0 aliphatic heterocycles. The third kappa shape index (κ3) is 23.9. The minimum Gasteiger partial charge on any atom is -0.371 e. The molecular formula is C69H96FNO. The number of aryl methyl sites for hydroxylation is 4. The van der Waals surface area contributed by atoms with Crippen LogP contribution in [0.25, 0.3) is 10.9 Å². The Kier molecular flexibility index (Phi) is 24.1. The Bertz CT molecular complexity index is 2530. The van der Waals surface area contributed by atoms with Crippen LogP contribution in [0.4, 0.5) is 4.39 Å². The van der Waals surface area contributed by atoms with Crippen molar-refractivity contribution in [2.75, 3.05) is 0 Å². The number of ether oxygens (including phenoxy) is 1. The molecule has 0 N–H and O–H groups in total. The second-order valence-corrected chi connectivity index (χ2v) is 25.3. The van der Waals surface area contributed by atoms with E-state index in [1.54, 1.807) is 6.07 Å². The van der Waals surface area contributed by atoms with E-state index in [1.165, 1.54) is 61.5 Å². The highest BCUT2D eigenvalue weighted by molar-refractivity contribution is 5.82. The minimum atomic E-state index is -0.111. The average Bonchev–Trinajstić information content (AvgIpc) is 3.28. The monoisotopic (exact) mass is 974 g/mol. The lowest BCUT2D eigenvalue weighted by atomic mass is 9.85. The largest absolute Gasteiger partial charge is 0.371 e. The standard InChI is InChI=1S/C13H15N.C12H18O.C12H18.2C11H16.C10H13F/c1-13(2,3)11-8-4-6-10-7-5-9-14-12(10)11;1-10-5-7-11(8-6-10)9-13-12(2,3)4;1-5-10-6-8-11(9-7-10)12(2,3)4;2*1-9-5-7-10(8-6-9)11(2,3)4;1-10(2,3)8-6-4-5-7-9(8)11/h4-9H,1-3H3;5-8H,9H2,1-4H3;6-9H,5H2,1-4H3;2*5-8H,1-4H3;4-7H,1-3H3. The number of aromatic nitrogens is 1. The lowest BCUT2D eigenvalue weighted by Gasteiger charge is -2.20. The Balaban J connectivity index is 0.000000297. The summed E-state index contributed by atoms with van der Waals surface area (Å²) in [7, 11) is 0. The molecule has 0 aliphatic rings. The summed E-state index contributed by atoms with van der Waals surface area (Å²) in [5.74, 6) is -0.111. The zero-order valence-electron chi connectivity index (χ0n) is 49.2. The number of nitrogens with zero attached hydrogens (tertiary/aromatic N) is 1. The third-order valence-corrected chi connectivity index (χ3v) is 12.0. The number of hydrogen-bond donors (Lipinski definition) is 0. The van der Waals surface area contributed by atoms with Crippen molar-refractivity contribution >= 4 is 10.9 Å². The summed E-state index contributed by atoms with van der Waals surface area (Å²) in [6.07, 6.45) is 2.99. The van der Waals surface area contributed by atoms with Crippen LogP contribution in [-0.2, 0) is 44.8 Å². The van der Waals surface area contributed by atoms with E-state index in [1.807, 2.05) is 45.2 Å². The van der Waals surface area contributed by atoms with E-state index in [-0.39, 0.29) is 38.5 Å². The predicted octanol–water partition coefficient (Wildman–Crippen LogP) is 20.1. The number of fused-ring (bicyclic) bond motifs is 1. The van der Waals surface area contributed by atoms with Crippen LogP contribution in [0.2, 0.25) is 0 Å². The van der Waals surface area contributed by atoms with Crippen molar-refractivity contribution in [3.63, 3.8) is 0 Å². The van der Waals surface area contributed by atoms with Crippen molar-refractivity contribution in [2.45, 2.75) is 198 Å². The van der Waals surface area contributed by atoms with Gasteiger partial charge in [0.2, 0.25) is 0 Å². The molecule has 7 aromatic rings. The Labute approximate surface area is 440 Å². The molecule has 0 saturated heterocycles. The highest BCUT2D eigenvalue weighted by atomic mass is 19.1. The van der Waals surface area contributed by atoms with Crippen molar-refractivity contribution < 1.29 is 9.13 Å². The fourth-order valence-electron chi connectivity index (χ4n) is 7.11. The molecule has 1 aromatic heterocycles. The first-order valence-corrected chi connectivity index (χ1v) is 26.1. The van der Waals surface area contributed by atoms with E-state index in [4.69, 9.17) is 4.74 Å². The van der Waals surface area contributed by atoms with Crippen molar-refractivity contribution in [3.05, 3.63) is 219 Å². The van der Waals surface area contributed by atoms with Gasteiger partial charge in [-0.05, 0) is 126 Å². The van der Waals surface area contributed by atoms with Crippen LogP contribution >= 0.6 is 0 Å². The smallest absolute Gasteiger partial charge is 0.126 e. The molecule has 72 heavy (non-hydrogen) atoms. The molecule has 390 valence electrons. The fraction of sp³-hybridized carbons (Fsp3) is 0.435. The number of benzene rings is 6. The molecule has 1 heterocycles. The van der Waals surface area contributed by atoms with Gasteiger partial charge in [0.1, 0.15) is 5.82 Å². The Hall–Kier alpha value is -5.38. The molecule has 3 heteroatoms. The Morgan fingerprint density at radius 2 is 0.750 bits per heavy atom. The van der Waals surface area contributed by atoms with Gasteiger partial charge in [0.25, 0.3) is 0 Å². The Morgan fingerprint density at radius 3 is 1.11 bits per heavy atom. The summed E-state index contributed by atoms with van der Waals surface area (Å²) < 4.78 is 18.7. The maximum absolute atomic E-state index is 13.1. The van der Waals surface area contributed by atoms with Gasteiger partial charge >= 0.3 is 0 Å². The first-order valence-electron chi connectivity index (χ1n) is 26.1. The molecule has 0 atom stereocenters. The quantitative estimate of drug-likeness (QED) is 0.176. The van der Waals surface area contributed by atoms with Crippen molar-refractivity contribution in [3.8, 4) is 0 Å². The molecule has 2 nitrogen and oxygen atoms in total. The van der Waals surface area contributed by atoms with Gasteiger partial charge in [-0.3, -0.25) is 4.98 Å². The summed E-state index contributed by atoms with van der Waals surface area (Å²) in [4.78, 5) is 4.45. The number of pyridine rings is 1. The number of rotatable bonds is 3. The lowest BCUT2D eigenvalue weighted by Crippen LogP contribution is -2.18. The SMILES string of the molecule is CC(C)(C)c1cccc2cccnc12.CC(C)(C)c1ccccc1F.CCc1ccc(C(C)(C)C)cc1.Cc1ccc(C(C)(C)C)cc1.Cc1ccc(C(C)(C)C)cc1.Cc1ccc(COC(C)(C)C)cc1. The topological polar surface area (TPSA) is 22.1 Å². The first-order chi connectivity index (χ1) is 33.1. The lowest BCUT2D eigenvalue weighted by molar-refractivity contribution is -0.0149. The molecule has 0 radical (unpaired) electrons. The molecular weight excluding hydrogens is 878 g/mol. The van der Waals surface area contributed by atoms with E-state index >= 15 is 0 Å². The van der Waals surface area contributed by atoms with E-state index in [0.29, 0.717) is 6.61 Å². The van der Waals surface area contributed by atoms with Crippen LogP contribution < -0.4 is 0 Å². The fourth-order valence-corrected chi connectivity index (χ4v) is 7.11.